The van der Waals surface area contributed by atoms with E-state index in [4.69, 9.17) is 0 Å². The lowest BCUT2D eigenvalue weighted by atomic mass is 9.84. The molecule has 31 heavy (non-hydrogen) atoms. The second-order valence-electron chi connectivity index (χ2n) is 7.98. The molecule has 0 fully saturated rings. The molecule has 2 unspecified atom stereocenters. The minimum atomic E-state index is -0.939. The number of carbonyl (C=O) groups is 2. The van der Waals surface area contributed by atoms with Gasteiger partial charge in [0.15, 0.2) is 0 Å². The molecule has 3 aromatic carbocycles. The summed E-state index contributed by atoms with van der Waals surface area (Å²) in [7, 11) is 0. The largest absolute Gasteiger partial charge is 0.478 e. The van der Waals surface area contributed by atoms with E-state index in [-0.39, 0.29) is 11.8 Å². The fourth-order valence-electron chi connectivity index (χ4n) is 3.83. The van der Waals surface area contributed by atoms with Crippen LogP contribution in [0.15, 0.2) is 72.8 Å². The first-order valence-electron chi connectivity index (χ1n) is 10.4. The van der Waals surface area contributed by atoms with Gasteiger partial charge in [-0.2, -0.15) is 0 Å². The fraction of sp³-hybridized carbons (Fsp3) is 0.259. The van der Waals surface area contributed by atoms with E-state index >= 15 is 0 Å². The lowest BCUT2D eigenvalue weighted by molar-refractivity contribution is 0.0685. The Morgan fingerprint density at radius 2 is 1.06 bits per heavy atom. The highest BCUT2D eigenvalue weighted by Crippen LogP contribution is 2.32. The fourth-order valence-corrected chi connectivity index (χ4v) is 3.83. The summed E-state index contributed by atoms with van der Waals surface area (Å²) in [6.07, 6.45) is 0.675. The summed E-state index contributed by atoms with van der Waals surface area (Å²) in [5.41, 5.74) is 4.84. The third-order valence-corrected chi connectivity index (χ3v) is 5.32. The molecule has 2 N–H and O–H groups in total. The number of aryl methyl sites for hydroxylation is 2. The van der Waals surface area contributed by atoms with Crippen LogP contribution in [-0.2, 0) is 0 Å². The second-order valence-corrected chi connectivity index (χ2v) is 7.98. The summed E-state index contributed by atoms with van der Waals surface area (Å²) < 4.78 is 0. The molecular weight excluding hydrogens is 388 g/mol. The number of hydrogen-bond donors (Lipinski definition) is 2. The van der Waals surface area contributed by atoms with E-state index in [1.807, 2.05) is 38.1 Å². The van der Waals surface area contributed by atoms with Crippen molar-refractivity contribution in [2.24, 2.45) is 0 Å². The molecule has 4 heteroatoms. The van der Waals surface area contributed by atoms with Crippen molar-refractivity contribution in [1.82, 2.24) is 0 Å². The number of rotatable bonds is 6. The number of carboxylic acid groups (broad SMARTS) is 2. The Morgan fingerprint density at radius 3 is 1.39 bits per heavy atom. The lowest BCUT2D eigenvalue weighted by Gasteiger charge is -2.20. The Bertz CT molecular complexity index is 960. The van der Waals surface area contributed by atoms with Crippen LogP contribution < -0.4 is 0 Å². The van der Waals surface area contributed by atoms with Crippen molar-refractivity contribution in [3.05, 3.63) is 106 Å². The molecule has 3 rings (SSSR count). The maximum atomic E-state index is 11.3. The molecule has 2 atom stereocenters. The maximum Gasteiger partial charge on any atom is 0.335 e. The predicted octanol–water partition coefficient (Wildman–Crippen LogP) is 6.68. The van der Waals surface area contributed by atoms with Crippen LogP contribution in [0.1, 0.15) is 75.1 Å². The first-order valence-corrected chi connectivity index (χ1v) is 10.4. The molecule has 0 spiro atoms. The molecule has 162 valence electrons. The van der Waals surface area contributed by atoms with Gasteiger partial charge in [0.2, 0.25) is 0 Å². The molecule has 0 radical (unpaired) electrons. The van der Waals surface area contributed by atoms with E-state index in [9.17, 15) is 19.8 Å². The maximum absolute atomic E-state index is 11.3. The molecule has 0 aliphatic carbocycles. The van der Waals surface area contributed by atoms with Crippen LogP contribution in [0.25, 0.3) is 0 Å². The van der Waals surface area contributed by atoms with Crippen LogP contribution in [0, 0.1) is 13.8 Å². The zero-order valence-electron chi connectivity index (χ0n) is 18.5. The molecule has 0 saturated heterocycles. The Morgan fingerprint density at radius 1 is 0.677 bits per heavy atom. The predicted molar refractivity (Wildman–Crippen MR) is 124 cm³/mol. The molecule has 0 aliphatic rings. The van der Waals surface area contributed by atoms with Crippen LogP contribution in [0.2, 0.25) is 0 Å². The average Bonchev–Trinajstić information content (AvgIpc) is 2.73. The van der Waals surface area contributed by atoms with Gasteiger partial charge in [-0.05, 0) is 55.4 Å². The van der Waals surface area contributed by atoms with Crippen molar-refractivity contribution in [2.45, 2.75) is 46.0 Å². The van der Waals surface area contributed by atoms with Crippen molar-refractivity contribution in [1.29, 1.82) is 0 Å². The highest BCUT2D eigenvalue weighted by atomic mass is 16.4. The number of benzene rings is 3. The summed E-state index contributed by atoms with van der Waals surface area (Å²) in [6, 6.07) is 22.4. The Balaban J connectivity index is 0.000000357. The minimum Gasteiger partial charge on any atom is -0.478 e. The molecule has 0 heterocycles. The highest BCUT2D eigenvalue weighted by molar-refractivity contribution is 5.90. The lowest BCUT2D eigenvalue weighted by Crippen LogP contribution is -2.10. The normalized spacial score (nSPS) is 12.3. The molecule has 0 aliphatic heterocycles. The van der Waals surface area contributed by atoms with E-state index in [1.54, 1.807) is 24.3 Å². The van der Waals surface area contributed by atoms with Crippen LogP contribution in [0.3, 0.4) is 0 Å². The highest BCUT2D eigenvalue weighted by Gasteiger charge is 2.20. The summed E-state index contributed by atoms with van der Waals surface area (Å²) in [4.78, 5) is 22.7. The zero-order chi connectivity index (χ0) is 23.0. The van der Waals surface area contributed by atoms with E-state index in [0.717, 1.165) is 11.1 Å². The SMILES string of the molecule is CC(CC(C)c1ccccc1C(=O)O)c1ccccc1C(=O)O.Cc1cccc(C)c1. The first-order chi connectivity index (χ1) is 14.7. The quantitative estimate of drug-likeness (QED) is 0.468. The van der Waals surface area contributed by atoms with Crippen LogP contribution >= 0.6 is 0 Å². The number of carboxylic acids is 2. The van der Waals surface area contributed by atoms with Crippen molar-refractivity contribution < 1.29 is 19.8 Å². The summed E-state index contributed by atoms with van der Waals surface area (Å²) in [6.45, 7) is 8.16. The second kappa shape index (κ2) is 11.1. The van der Waals surface area contributed by atoms with Crippen LogP contribution in [0.5, 0.6) is 0 Å². The van der Waals surface area contributed by atoms with Gasteiger partial charge in [0, 0.05) is 0 Å². The molecule has 0 bridgehead atoms. The van der Waals surface area contributed by atoms with Crippen LogP contribution in [0.4, 0.5) is 0 Å². The van der Waals surface area contributed by atoms with E-state index in [2.05, 4.69) is 38.1 Å². The molecule has 3 aromatic rings. The molecule has 0 aromatic heterocycles. The van der Waals surface area contributed by atoms with E-state index < -0.39 is 11.9 Å². The Labute approximate surface area is 184 Å². The number of hydrogen-bond acceptors (Lipinski definition) is 2. The van der Waals surface area contributed by atoms with Crippen molar-refractivity contribution in [2.75, 3.05) is 0 Å². The minimum absolute atomic E-state index is 0.0131. The third-order valence-electron chi connectivity index (χ3n) is 5.32. The topological polar surface area (TPSA) is 74.6 Å². The van der Waals surface area contributed by atoms with Gasteiger partial charge in [0.05, 0.1) is 11.1 Å². The smallest absolute Gasteiger partial charge is 0.335 e. The van der Waals surface area contributed by atoms with Crippen molar-refractivity contribution >= 4 is 11.9 Å². The third kappa shape index (κ3) is 6.82. The van der Waals surface area contributed by atoms with Crippen LogP contribution in [-0.4, -0.2) is 22.2 Å². The molecule has 0 amide bonds. The Hall–Kier alpha value is -3.40. The van der Waals surface area contributed by atoms with Gasteiger partial charge in [-0.25, -0.2) is 9.59 Å². The van der Waals surface area contributed by atoms with Gasteiger partial charge in [-0.1, -0.05) is 85.6 Å². The monoisotopic (exact) mass is 418 g/mol. The first kappa shape index (κ1) is 23.9. The van der Waals surface area contributed by atoms with E-state index in [1.165, 1.54) is 11.1 Å². The van der Waals surface area contributed by atoms with Crippen molar-refractivity contribution in [3.63, 3.8) is 0 Å². The van der Waals surface area contributed by atoms with Gasteiger partial charge < -0.3 is 10.2 Å². The standard InChI is InChI=1S/C19H20O4.C8H10/c1-12(14-7-3-5-9-16(14)18(20)21)11-13(2)15-8-4-6-10-17(15)19(22)23;1-7-4-3-5-8(2)6-7/h3-10,12-13H,11H2,1-2H3,(H,20,21)(H,22,23);3-6H,1-2H3. The Kier molecular flexibility index (Phi) is 8.56. The van der Waals surface area contributed by atoms with Gasteiger partial charge in [0.1, 0.15) is 0 Å². The van der Waals surface area contributed by atoms with Gasteiger partial charge in [-0.15, -0.1) is 0 Å². The summed E-state index contributed by atoms with van der Waals surface area (Å²) in [5, 5.41) is 18.6. The van der Waals surface area contributed by atoms with Gasteiger partial charge in [-0.3, -0.25) is 0 Å². The summed E-state index contributed by atoms with van der Waals surface area (Å²) in [5.74, 6) is -1.85. The van der Waals surface area contributed by atoms with Gasteiger partial charge in [0.25, 0.3) is 0 Å². The number of aromatic carboxylic acids is 2. The van der Waals surface area contributed by atoms with E-state index in [0.29, 0.717) is 17.5 Å². The average molecular weight is 419 g/mol. The summed E-state index contributed by atoms with van der Waals surface area (Å²) >= 11 is 0. The molecular formula is C27H30O4. The van der Waals surface area contributed by atoms with Gasteiger partial charge >= 0.3 is 11.9 Å². The zero-order valence-corrected chi connectivity index (χ0v) is 18.5. The molecule has 4 nitrogen and oxygen atoms in total. The molecule has 0 saturated carbocycles. The van der Waals surface area contributed by atoms with Crippen molar-refractivity contribution in [3.8, 4) is 0 Å².